The fourth-order valence-corrected chi connectivity index (χ4v) is 4.93. The summed E-state index contributed by atoms with van der Waals surface area (Å²) >= 11 is 0. The molecule has 3 aliphatic rings. The number of rotatable bonds is 4. The van der Waals surface area contributed by atoms with E-state index in [1.54, 1.807) is 0 Å². The van der Waals surface area contributed by atoms with Crippen molar-refractivity contribution >= 4 is 13.2 Å². The molecule has 0 heterocycles. The zero-order valence-corrected chi connectivity index (χ0v) is 16.7. The number of hydrogen-bond donors (Lipinski definition) is 1. The van der Waals surface area contributed by atoms with Crippen LogP contribution in [0.15, 0.2) is 99.1 Å². The minimum Gasteiger partial charge on any atom is -0.324 e. The SMILES string of the molecule is C[C@H](N)C1=C=C=C=C1P(C1=C[CH]C=C[CH-]1)c1ccccc1.[C]1=C=C=C=[C-]1.[Fe+2]. The predicted octanol–water partition coefficient (Wildman–Crippen LogP) is 4.36. The van der Waals surface area contributed by atoms with Crippen molar-refractivity contribution in [2.45, 2.75) is 13.0 Å². The molecule has 1 aromatic rings. The summed E-state index contributed by atoms with van der Waals surface area (Å²) in [7, 11) is -0.660. The van der Waals surface area contributed by atoms with Gasteiger partial charge in [-0.25, -0.2) is 5.73 Å². The van der Waals surface area contributed by atoms with E-state index in [1.807, 2.05) is 19.1 Å². The van der Waals surface area contributed by atoms with E-state index >= 15 is 0 Å². The zero-order chi connectivity index (χ0) is 18.2. The van der Waals surface area contributed by atoms with E-state index < -0.39 is 7.92 Å². The molecule has 27 heavy (non-hydrogen) atoms. The first-order valence-corrected chi connectivity index (χ1v) is 9.53. The third-order valence-corrected chi connectivity index (χ3v) is 6.08. The van der Waals surface area contributed by atoms with Crippen LogP contribution in [0.1, 0.15) is 6.92 Å². The molecule has 0 aromatic heterocycles. The van der Waals surface area contributed by atoms with E-state index in [0.29, 0.717) is 0 Å². The first-order chi connectivity index (χ1) is 12.8. The predicted molar refractivity (Wildman–Crippen MR) is 107 cm³/mol. The van der Waals surface area contributed by atoms with Gasteiger partial charge in [-0.3, -0.25) is 11.5 Å². The Balaban J connectivity index is 0.000000379. The third kappa shape index (κ3) is 5.56. The molecule has 0 saturated carbocycles. The van der Waals surface area contributed by atoms with Gasteiger partial charge in [0.05, 0.1) is 0 Å². The summed E-state index contributed by atoms with van der Waals surface area (Å²) in [6.45, 7) is 1.99. The van der Waals surface area contributed by atoms with Crippen molar-refractivity contribution in [3.05, 3.63) is 124 Å². The maximum Gasteiger partial charge on any atom is 2.00 e. The molecule has 130 valence electrons. The standard InChI is InChI=1S/C19H16NP.C5.Fe/c1-15(20)18-13-8-14-19(18)21(16-9-4-2-5-10-16)17-11-6-3-7-12-17;1-2-4-5-3-1;/h2-7,9-12,15H,20H2,1H3;;/q2*-1;+2/t15-;;/m0../s1. The molecule has 2 N–H and O–H groups in total. The topological polar surface area (TPSA) is 26.0 Å². The van der Waals surface area contributed by atoms with Gasteiger partial charge in [-0.15, -0.1) is 23.9 Å². The van der Waals surface area contributed by atoms with Crippen LogP contribution in [-0.2, 0) is 17.1 Å². The smallest absolute Gasteiger partial charge is 0.324 e. The molecule has 4 rings (SSSR count). The van der Waals surface area contributed by atoms with Gasteiger partial charge in [0.15, 0.2) is 0 Å². The summed E-state index contributed by atoms with van der Waals surface area (Å²) in [5, 5.41) is 3.73. The molecule has 0 aliphatic heterocycles. The van der Waals surface area contributed by atoms with Crippen molar-refractivity contribution in [1.82, 2.24) is 0 Å². The largest absolute Gasteiger partial charge is 2.00 e. The van der Waals surface area contributed by atoms with Gasteiger partial charge in [-0.1, -0.05) is 41.8 Å². The second kappa shape index (κ2) is 10.7. The molecule has 0 bridgehead atoms. The molecule has 2 radical (unpaired) electrons. The number of hydrogen-bond acceptors (Lipinski definition) is 1. The molecule has 3 heteroatoms. The Hall–Kier alpha value is -2.36. The van der Waals surface area contributed by atoms with Gasteiger partial charge < -0.3 is 5.73 Å². The molecule has 0 saturated heterocycles. The number of benzene rings is 1. The van der Waals surface area contributed by atoms with Gasteiger partial charge in [0.2, 0.25) is 0 Å². The molecule has 1 nitrogen and oxygen atoms in total. The van der Waals surface area contributed by atoms with Crippen LogP contribution >= 0.6 is 7.92 Å². The van der Waals surface area contributed by atoms with Crippen LogP contribution in [0.3, 0.4) is 0 Å². The van der Waals surface area contributed by atoms with Crippen LogP contribution in [0.5, 0.6) is 0 Å². The van der Waals surface area contributed by atoms with Gasteiger partial charge in [-0.05, 0) is 25.9 Å². The summed E-state index contributed by atoms with van der Waals surface area (Å²) in [6.07, 6.45) is 15.5. The molecule has 1 aromatic carbocycles. The summed E-state index contributed by atoms with van der Waals surface area (Å²) in [5.74, 6) is 0. The van der Waals surface area contributed by atoms with Crippen LogP contribution < -0.4 is 11.0 Å². The maximum absolute atomic E-state index is 6.09. The minimum absolute atomic E-state index is 0. The second-order valence-electron chi connectivity index (χ2n) is 5.56. The maximum atomic E-state index is 6.09. The van der Waals surface area contributed by atoms with E-state index in [-0.39, 0.29) is 23.1 Å². The zero-order valence-electron chi connectivity index (χ0n) is 14.7. The molecule has 1 unspecified atom stereocenters. The van der Waals surface area contributed by atoms with E-state index in [9.17, 15) is 0 Å². The third-order valence-electron chi connectivity index (χ3n) is 3.65. The Labute approximate surface area is 173 Å². The van der Waals surface area contributed by atoms with E-state index in [2.05, 4.69) is 95.8 Å². The van der Waals surface area contributed by atoms with Crippen LogP contribution in [0, 0.1) is 25.0 Å². The molecular formula is C24H16FeNP. The van der Waals surface area contributed by atoms with Crippen molar-refractivity contribution in [3.8, 4) is 0 Å². The van der Waals surface area contributed by atoms with Crippen LogP contribution in [0.25, 0.3) is 0 Å². The van der Waals surface area contributed by atoms with Crippen molar-refractivity contribution in [2.24, 2.45) is 5.73 Å². The number of allylic oxidation sites excluding steroid dienone is 6. The van der Waals surface area contributed by atoms with Gasteiger partial charge in [0.1, 0.15) is 0 Å². The summed E-state index contributed by atoms with van der Waals surface area (Å²) < 4.78 is 0. The molecular weight excluding hydrogens is 389 g/mol. The van der Waals surface area contributed by atoms with Crippen molar-refractivity contribution in [3.63, 3.8) is 0 Å². The Morgan fingerprint density at radius 1 is 1.11 bits per heavy atom. The van der Waals surface area contributed by atoms with Crippen molar-refractivity contribution in [2.75, 3.05) is 0 Å². The fraction of sp³-hybridized carbons (Fsp3) is 0.0833. The Morgan fingerprint density at radius 3 is 2.48 bits per heavy atom. The Kier molecular flexibility index (Phi) is 8.31. The summed E-state index contributed by atoms with van der Waals surface area (Å²) in [6, 6.07) is 10.5. The van der Waals surface area contributed by atoms with E-state index in [0.717, 1.165) is 10.9 Å². The van der Waals surface area contributed by atoms with Crippen molar-refractivity contribution in [1.29, 1.82) is 0 Å². The fourth-order valence-electron chi connectivity index (χ4n) is 2.51. The molecule has 3 aliphatic carbocycles. The van der Waals surface area contributed by atoms with Crippen LogP contribution in [0.2, 0.25) is 0 Å². The second-order valence-corrected chi connectivity index (χ2v) is 7.71. The number of nitrogens with two attached hydrogens (primary N) is 1. The monoisotopic (exact) mass is 405 g/mol. The first kappa shape index (κ1) is 20.9. The van der Waals surface area contributed by atoms with Gasteiger partial charge in [-0.2, -0.15) is 24.6 Å². The summed E-state index contributed by atoms with van der Waals surface area (Å²) in [4.78, 5) is 0. The Morgan fingerprint density at radius 2 is 1.93 bits per heavy atom. The summed E-state index contributed by atoms with van der Waals surface area (Å²) in [5.41, 5.74) is 24.0. The van der Waals surface area contributed by atoms with Crippen LogP contribution in [0.4, 0.5) is 0 Å². The Bertz CT molecular complexity index is 1000. The molecule has 0 fully saturated rings. The first-order valence-electron chi connectivity index (χ1n) is 8.19. The van der Waals surface area contributed by atoms with Crippen LogP contribution in [-0.4, -0.2) is 6.04 Å². The van der Waals surface area contributed by atoms with E-state index in [4.69, 9.17) is 5.73 Å². The molecule has 0 amide bonds. The minimum atomic E-state index is -0.660. The quantitative estimate of drug-likeness (QED) is 0.343. The molecule has 0 spiro atoms. The molecule has 2 atom stereocenters. The average Bonchev–Trinajstić information content (AvgIpc) is 3.39. The van der Waals surface area contributed by atoms with Gasteiger partial charge >= 0.3 is 17.1 Å². The van der Waals surface area contributed by atoms with E-state index in [1.165, 1.54) is 10.6 Å². The van der Waals surface area contributed by atoms with Gasteiger partial charge in [0, 0.05) is 16.9 Å². The van der Waals surface area contributed by atoms with Gasteiger partial charge in [0.25, 0.3) is 0 Å². The van der Waals surface area contributed by atoms with Crippen molar-refractivity contribution < 1.29 is 17.1 Å². The normalized spacial score (nSPS) is 16.6. The average molecular weight is 405 g/mol.